The van der Waals surface area contributed by atoms with Crippen LogP contribution in [0.4, 0.5) is 0 Å². The van der Waals surface area contributed by atoms with Gasteiger partial charge in [0.25, 0.3) is 0 Å². The Morgan fingerprint density at radius 2 is 1.76 bits per heavy atom. The summed E-state index contributed by atoms with van der Waals surface area (Å²) in [5, 5.41) is 5.01. The lowest BCUT2D eigenvalue weighted by Gasteiger charge is -2.21. The third kappa shape index (κ3) is 3.77. The number of nitrogens with zero attached hydrogens (tertiary/aromatic N) is 6. The van der Waals surface area contributed by atoms with Crippen LogP contribution in [0.5, 0.6) is 0 Å². The molecule has 1 aliphatic carbocycles. The smallest absolute Gasteiger partial charge is 0.181 e. The van der Waals surface area contributed by atoms with Crippen LogP contribution in [-0.2, 0) is 0 Å². The minimum atomic E-state index is 0.376. The van der Waals surface area contributed by atoms with Gasteiger partial charge in [-0.15, -0.1) is 5.10 Å². The van der Waals surface area contributed by atoms with E-state index >= 15 is 0 Å². The molecule has 3 heterocycles. The molecule has 0 radical (unpaired) electrons. The molecule has 0 bridgehead atoms. The highest BCUT2D eigenvalue weighted by Crippen LogP contribution is 2.40. The molecule has 1 aliphatic rings. The van der Waals surface area contributed by atoms with Gasteiger partial charge in [0.15, 0.2) is 5.82 Å². The van der Waals surface area contributed by atoms with Gasteiger partial charge in [-0.1, -0.05) is 20.3 Å². The van der Waals surface area contributed by atoms with E-state index < -0.39 is 0 Å². The zero-order chi connectivity index (χ0) is 22.4. The Kier molecular flexibility index (Phi) is 4.71. The molecule has 1 fully saturated rings. The van der Waals surface area contributed by atoms with Crippen LogP contribution in [0.15, 0.2) is 55.1 Å². The number of rotatable bonds is 3. The highest BCUT2D eigenvalue weighted by Gasteiger charge is 2.29. The molecule has 7 nitrogen and oxygen atoms in total. The molecule has 166 valence electrons. The highest BCUT2D eigenvalue weighted by atomic mass is 15.4. The largest absolute Gasteiger partial charge is 0.345 e. The molecule has 1 unspecified atom stereocenters. The number of fused-ring (bicyclic) bond motifs is 2. The van der Waals surface area contributed by atoms with E-state index in [1.807, 2.05) is 16.8 Å². The predicted octanol–water partition coefficient (Wildman–Crippen LogP) is 5.83. The molecule has 5 aromatic rings. The standard InChI is InChI=1S/C26H27N7/c1-26(2)10-3-4-17(9-11-26)25-31-24(18-5-7-21-22(14-18)30-16-29-21)32-33(25)19-6-8-20-23(15-19)28-13-12-27-20/h5-8,12-17H,3-4,9-11H2,1-2H3,(H,29,30). The molecule has 33 heavy (non-hydrogen) atoms. The number of H-pyrrole nitrogens is 1. The van der Waals surface area contributed by atoms with Crippen molar-refractivity contribution in [3.05, 3.63) is 60.9 Å². The van der Waals surface area contributed by atoms with Gasteiger partial charge in [0.1, 0.15) is 5.82 Å². The molecule has 1 N–H and O–H groups in total. The van der Waals surface area contributed by atoms with E-state index in [2.05, 4.69) is 58.0 Å². The minimum Gasteiger partial charge on any atom is -0.345 e. The van der Waals surface area contributed by atoms with E-state index in [9.17, 15) is 0 Å². The number of hydrogen-bond acceptors (Lipinski definition) is 5. The predicted molar refractivity (Wildman–Crippen MR) is 129 cm³/mol. The van der Waals surface area contributed by atoms with Crippen molar-refractivity contribution in [2.75, 3.05) is 0 Å². The van der Waals surface area contributed by atoms with Crippen molar-refractivity contribution >= 4 is 22.1 Å². The molecule has 0 spiro atoms. The fourth-order valence-corrected chi connectivity index (χ4v) is 4.98. The Labute approximate surface area is 192 Å². The van der Waals surface area contributed by atoms with E-state index in [0.29, 0.717) is 11.3 Å². The van der Waals surface area contributed by atoms with Crippen molar-refractivity contribution in [3.8, 4) is 17.1 Å². The van der Waals surface area contributed by atoms with Crippen molar-refractivity contribution in [1.82, 2.24) is 34.7 Å². The fraction of sp³-hybridized carbons (Fsp3) is 0.346. The van der Waals surface area contributed by atoms with Gasteiger partial charge in [-0.2, -0.15) is 0 Å². The number of aromatic amines is 1. The lowest BCUT2D eigenvalue weighted by molar-refractivity contribution is 0.312. The Bertz CT molecular complexity index is 1450. The lowest BCUT2D eigenvalue weighted by atomic mass is 9.85. The first-order valence-corrected chi connectivity index (χ1v) is 11.7. The van der Waals surface area contributed by atoms with Crippen LogP contribution in [0.25, 0.3) is 39.1 Å². The van der Waals surface area contributed by atoms with Gasteiger partial charge in [0.2, 0.25) is 0 Å². The van der Waals surface area contributed by atoms with Gasteiger partial charge in [-0.3, -0.25) is 9.97 Å². The van der Waals surface area contributed by atoms with Gasteiger partial charge in [0.05, 0.1) is 34.1 Å². The molecule has 0 aliphatic heterocycles. The third-order valence-corrected chi connectivity index (χ3v) is 6.95. The average Bonchev–Trinajstić information content (AvgIpc) is 3.43. The van der Waals surface area contributed by atoms with Gasteiger partial charge >= 0.3 is 0 Å². The topological polar surface area (TPSA) is 85.2 Å². The van der Waals surface area contributed by atoms with Crippen molar-refractivity contribution in [3.63, 3.8) is 0 Å². The summed E-state index contributed by atoms with van der Waals surface area (Å²) in [6.07, 6.45) is 11.1. The first-order valence-electron chi connectivity index (χ1n) is 11.7. The van der Waals surface area contributed by atoms with E-state index in [1.165, 1.54) is 19.3 Å². The summed E-state index contributed by atoms with van der Waals surface area (Å²) in [7, 11) is 0. The van der Waals surface area contributed by atoms with Gasteiger partial charge in [-0.25, -0.2) is 14.6 Å². The number of imidazole rings is 1. The van der Waals surface area contributed by atoms with E-state index in [4.69, 9.17) is 10.1 Å². The molecular formula is C26H27N7. The van der Waals surface area contributed by atoms with E-state index in [1.54, 1.807) is 18.7 Å². The highest BCUT2D eigenvalue weighted by molar-refractivity contribution is 5.80. The first kappa shape index (κ1) is 20.0. The Hall–Kier alpha value is -3.61. The maximum absolute atomic E-state index is 5.12. The maximum atomic E-state index is 5.12. The second-order valence-electron chi connectivity index (χ2n) is 9.86. The van der Waals surface area contributed by atoms with Crippen molar-refractivity contribution in [1.29, 1.82) is 0 Å². The van der Waals surface area contributed by atoms with Gasteiger partial charge in [-0.05, 0) is 67.5 Å². The molecule has 3 aromatic heterocycles. The van der Waals surface area contributed by atoms with E-state index in [0.717, 1.165) is 57.8 Å². The van der Waals surface area contributed by atoms with Crippen LogP contribution in [0, 0.1) is 5.41 Å². The van der Waals surface area contributed by atoms with Crippen molar-refractivity contribution in [2.24, 2.45) is 5.41 Å². The summed E-state index contributed by atoms with van der Waals surface area (Å²) in [5.74, 6) is 2.15. The molecule has 0 saturated heterocycles. The van der Waals surface area contributed by atoms with Gasteiger partial charge < -0.3 is 4.98 Å². The molecule has 1 atom stereocenters. The van der Waals surface area contributed by atoms with Crippen LogP contribution in [0.1, 0.15) is 57.7 Å². The zero-order valence-electron chi connectivity index (χ0n) is 19.0. The van der Waals surface area contributed by atoms with Crippen LogP contribution >= 0.6 is 0 Å². The Morgan fingerprint density at radius 1 is 0.909 bits per heavy atom. The number of hydrogen-bond donors (Lipinski definition) is 1. The van der Waals surface area contributed by atoms with Crippen LogP contribution in [-0.4, -0.2) is 34.7 Å². The summed E-state index contributed by atoms with van der Waals surface area (Å²) in [6.45, 7) is 4.76. The Balaban J connectivity index is 1.48. The first-order chi connectivity index (χ1) is 16.1. The third-order valence-electron chi connectivity index (χ3n) is 6.95. The quantitative estimate of drug-likeness (QED) is 0.359. The zero-order valence-corrected chi connectivity index (χ0v) is 19.0. The lowest BCUT2D eigenvalue weighted by Crippen LogP contribution is -2.11. The molecule has 0 amide bonds. The molecule has 7 heteroatoms. The van der Waals surface area contributed by atoms with Gasteiger partial charge in [0, 0.05) is 23.9 Å². The molecule has 1 saturated carbocycles. The SMILES string of the molecule is CC1(C)CCCC(c2nc(-c3ccc4nc[nH]c4c3)nn2-c2ccc3nccnc3c2)CC1. The van der Waals surface area contributed by atoms with Crippen molar-refractivity contribution in [2.45, 2.75) is 51.9 Å². The Morgan fingerprint density at radius 3 is 2.67 bits per heavy atom. The number of aromatic nitrogens is 7. The molecular weight excluding hydrogens is 410 g/mol. The summed E-state index contributed by atoms with van der Waals surface area (Å²) in [4.78, 5) is 21.6. The second kappa shape index (κ2) is 7.76. The number of nitrogens with one attached hydrogen (secondary N) is 1. The van der Waals surface area contributed by atoms with Crippen LogP contribution in [0.2, 0.25) is 0 Å². The maximum Gasteiger partial charge on any atom is 0.181 e. The summed E-state index contributed by atoms with van der Waals surface area (Å²) >= 11 is 0. The monoisotopic (exact) mass is 437 g/mol. The second-order valence-corrected chi connectivity index (χ2v) is 9.86. The van der Waals surface area contributed by atoms with E-state index in [-0.39, 0.29) is 0 Å². The minimum absolute atomic E-state index is 0.376. The molecule has 6 rings (SSSR count). The summed E-state index contributed by atoms with van der Waals surface area (Å²) < 4.78 is 2.03. The summed E-state index contributed by atoms with van der Waals surface area (Å²) in [5.41, 5.74) is 6.01. The fourth-order valence-electron chi connectivity index (χ4n) is 4.98. The van der Waals surface area contributed by atoms with Crippen LogP contribution < -0.4 is 0 Å². The summed E-state index contributed by atoms with van der Waals surface area (Å²) in [6, 6.07) is 12.3. The van der Waals surface area contributed by atoms with Crippen LogP contribution in [0.3, 0.4) is 0 Å². The average molecular weight is 438 g/mol. The number of benzene rings is 2. The van der Waals surface area contributed by atoms with Crippen molar-refractivity contribution < 1.29 is 0 Å². The molecule has 2 aromatic carbocycles. The normalized spacial score (nSPS) is 18.5.